The van der Waals surface area contributed by atoms with Gasteiger partial charge in [0, 0.05) is 37.8 Å². The predicted octanol–water partition coefficient (Wildman–Crippen LogP) is 1.78. The summed E-state index contributed by atoms with van der Waals surface area (Å²) in [5.41, 5.74) is 0.748. The summed E-state index contributed by atoms with van der Waals surface area (Å²) in [4.78, 5) is 28.6. The fourth-order valence-corrected chi connectivity index (χ4v) is 4.64. The summed E-state index contributed by atoms with van der Waals surface area (Å²) < 4.78 is 33.2. The van der Waals surface area contributed by atoms with Crippen molar-refractivity contribution in [2.45, 2.75) is 24.8 Å². The second-order valence-electron chi connectivity index (χ2n) is 8.12. The third-order valence-corrected chi connectivity index (χ3v) is 6.62. The summed E-state index contributed by atoms with van der Waals surface area (Å²) in [6.07, 6.45) is 0. The molecule has 0 saturated carbocycles. The quantitative estimate of drug-likeness (QED) is 0.604. The van der Waals surface area contributed by atoms with Crippen molar-refractivity contribution in [3.05, 3.63) is 54.1 Å². The lowest BCUT2D eigenvalue weighted by molar-refractivity contribution is -0.123. The smallest absolute Gasteiger partial charge is 0.262 e. The third-order valence-electron chi connectivity index (χ3n) is 5.24. The number of para-hydroxylation sites is 2. The topological polar surface area (TPSA) is 108 Å². The second kappa shape index (κ2) is 10.7. The van der Waals surface area contributed by atoms with Crippen molar-refractivity contribution < 1.29 is 22.7 Å². The van der Waals surface area contributed by atoms with Crippen LogP contribution in [-0.2, 0) is 14.8 Å². The molecular weight excluding hydrogens is 444 g/mol. The highest BCUT2D eigenvalue weighted by molar-refractivity contribution is 7.92. The van der Waals surface area contributed by atoms with Crippen LogP contribution in [0.5, 0.6) is 5.75 Å². The average Bonchev–Trinajstić information content (AvgIpc) is 2.79. The van der Waals surface area contributed by atoms with Crippen LogP contribution < -0.4 is 14.8 Å². The lowest BCUT2D eigenvalue weighted by Gasteiger charge is -2.34. The molecule has 1 aliphatic rings. The Labute approximate surface area is 194 Å². The number of piperazine rings is 1. The Hall–Kier alpha value is -3.11. The Bertz CT molecular complexity index is 1080. The molecule has 2 N–H and O–H groups in total. The summed E-state index contributed by atoms with van der Waals surface area (Å²) in [6, 6.07) is 12.7. The molecule has 1 saturated heterocycles. The number of nitrogens with one attached hydrogen (secondary N) is 2. The molecule has 1 heterocycles. The van der Waals surface area contributed by atoms with E-state index in [9.17, 15) is 18.0 Å². The molecule has 3 rings (SSSR count). The van der Waals surface area contributed by atoms with Gasteiger partial charge in [0.2, 0.25) is 5.91 Å². The first-order chi connectivity index (χ1) is 15.7. The first kappa shape index (κ1) is 24.5. The monoisotopic (exact) mass is 474 g/mol. The molecule has 1 fully saturated rings. The minimum Gasteiger partial charge on any atom is -0.495 e. The van der Waals surface area contributed by atoms with E-state index in [0.717, 1.165) is 0 Å². The minimum atomic E-state index is -3.84. The molecule has 1 aliphatic heterocycles. The van der Waals surface area contributed by atoms with Crippen LogP contribution in [0.1, 0.15) is 24.2 Å². The molecule has 2 aromatic carbocycles. The molecule has 178 valence electrons. The lowest BCUT2D eigenvalue weighted by atomic mass is 10.2. The van der Waals surface area contributed by atoms with Crippen LogP contribution in [0.4, 0.5) is 5.69 Å². The highest BCUT2D eigenvalue weighted by atomic mass is 32.2. The van der Waals surface area contributed by atoms with E-state index in [1.165, 1.54) is 31.4 Å². The van der Waals surface area contributed by atoms with Gasteiger partial charge in [0.25, 0.3) is 15.9 Å². The zero-order valence-corrected chi connectivity index (χ0v) is 19.9. The zero-order chi connectivity index (χ0) is 24.0. The number of nitrogens with zero attached hydrogens (tertiary/aromatic N) is 2. The number of amides is 2. The number of carbonyl (C=O) groups excluding carboxylic acids is 2. The lowest BCUT2D eigenvalue weighted by Crippen LogP contribution is -2.51. The minimum absolute atomic E-state index is 0.0247. The molecule has 2 amide bonds. The molecule has 0 atom stereocenters. The number of ether oxygens (including phenoxy) is 1. The standard InChI is InChI=1S/C23H30N4O5S/c1-17(2)24-22(28)16-26-12-14-27(15-13-26)23(29)18-8-10-19(11-9-18)33(30,31)25-20-6-4-5-7-21(20)32-3/h4-11,17,25H,12-16H2,1-3H3,(H,24,28). The highest BCUT2D eigenvalue weighted by Crippen LogP contribution is 2.26. The molecule has 0 bridgehead atoms. The molecular formula is C23H30N4O5S. The number of sulfonamides is 1. The Morgan fingerprint density at radius 3 is 2.24 bits per heavy atom. The van der Waals surface area contributed by atoms with Gasteiger partial charge in [-0.05, 0) is 50.2 Å². The summed E-state index contributed by atoms with van der Waals surface area (Å²) in [5, 5.41) is 2.87. The Morgan fingerprint density at radius 1 is 1.00 bits per heavy atom. The van der Waals surface area contributed by atoms with E-state index in [0.29, 0.717) is 49.7 Å². The van der Waals surface area contributed by atoms with Crippen LogP contribution in [0.3, 0.4) is 0 Å². The van der Waals surface area contributed by atoms with Gasteiger partial charge >= 0.3 is 0 Å². The van der Waals surface area contributed by atoms with E-state index < -0.39 is 10.0 Å². The molecule has 9 nitrogen and oxygen atoms in total. The van der Waals surface area contributed by atoms with Gasteiger partial charge in [0.15, 0.2) is 0 Å². The van der Waals surface area contributed by atoms with Gasteiger partial charge in [0.05, 0.1) is 24.2 Å². The number of hydrogen-bond acceptors (Lipinski definition) is 6. The van der Waals surface area contributed by atoms with Crippen LogP contribution in [-0.4, -0.2) is 75.9 Å². The maximum atomic E-state index is 12.9. The maximum absolute atomic E-state index is 12.9. The number of hydrogen-bond donors (Lipinski definition) is 2. The van der Waals surface area contributed by atoms with Crippen LogP contribution in [0.25, 0.3) is 0 Å². The van der Waals surface area contributed by atoms with E-state index in [4.69, 9.17) is 4.74 Å². The third kappa shape index (κ3) is 6.45. The summed E-state index contributed by atoms with van der Waals surface area (Å²) in [5.74, 6) is 0.222. The Morgan fingerprint density at radius 2 is 1.64 bits per heavy atom. The van der Waals surface area contributed by atoms with Gasteiger partial charge in [-0.25, -0.2) is 8.42 Å². The normalized spacial score (nSPS) is 14.7. The molecule has 0 aliphatic carbocycles. The van der Waals surface area contributed by atoms with Crippen molar-refractivity contribution in [2.24, 2.45) is 0 Å². The molecule has 2 aromatic rings. The molecule has 10 heteroatoms. The van der Waals surface area contributed by atoms with Gasteiger partial charge in [-0.15, -0.1) is 0 Å². The fourth-order valence-electron chi connectivity index (χ4n) is 3.57. The van der Waals surface area contributed by atoms with Gasteiger partial charge in [-0.2, -0.15) is 0 Å². The largest absolute Gasteiger partial charge is 0.495 e. The first-order valence-electron chi connectivity index (χ1n) is 10.8. The highest BCUT2D eigenvalue weighted by Gasteiger charge is 2.24. The summed E-state index contributed by atoms with van der Waals surface area (Å²) in [6.45, 7) is 6.36. The molecule has 0 radical (unpaired) electrons. The van der Waals surface area contributed by atoms with Crippen LogP contribution >= 0.6 is 0 Å². The van der Waals surface area contributed by atoms with Crippen LogP contribution in [0.2, 0.25) is 0 Å². The predicted molar refractivity (Wildman–Crippen MR) is 126 cm³/mol. The van der Waals surface area contributed by atoms with Crippen molar-refractivity contribution in [1.29, 1.82) is 0 Å². The summed E-state index contributed by atoms with van der Waals surface area (Å²) >= 11 is 0. The number of anilines is 1. The zero-order valence-electron chi connectivity index (χ0n) is 19.1. The molecule has 0 unspecified atom stereocenters. The van der Waals surface area contributed by atoms with Crippen molar-refractivity contribution in [1.82, 2.24) is 15.1 Å². The number of rotatable bonds is 8. The maximum Gasteiger partial charge on any atom is 0.262 e. The first-order valence-corrected chi connectivity index (χ1v) is 12.2. The van der Waals surface area contributed by atoms with Gasteiger partial charge in [0.1, 0.15) is 5.75 Å². The van der Waals surface area contributed by atoms with E-state index >= 15 is 0 Å². The fraction of sp³-hybridized carbons (Fsp3) is 0.391. The van der Waals surface area contributed by atoms with Crippen LogP contribution in [0.15, 0.2) is 53.4 Å². The molecule has 33 heavy (non-hydrogen) atoms. The van der Waals surface area contributed by atoms with Crippen molar-refractivity contribution in [2.75, 3.05) is 44.6 Å². The summed E-state index contributed by atoms with van der Waals surface area (Å²) in [7, 11) is -2.37. The Kier molecular flexibility index (Phi) is 7.93. The van der Waals surface area contributed by atoms with E-state index in [1.807, 2.05) is 18.7 Å². The average molecular weight is 475 g/mol. The van der Waals surface area contributed by atoms with Crippen molar-refractivity contribution in [3.8, 4) is 5.75 Å². The number of benzene rings is 2. The van der Waals surface area contributed by atoms with Crippen molar-refractivity contribution >= 4 is 27.5 Å². The van der Waals surface area contributed by atoms with Crippen molar-refractivity contribution in [3.63, 3.8) is 0 Å². The van der Waals surface area contributed by atoms with Crippen LogP contribution in [0, 0.1) is 0 Å². The Balaban J connectivity index is 1.60. The molecule has 0 spiro atoms. The van der Waals surface area contributed by atoms with Gasteiger partial charge in [-0.3, -0.25) is 19.2 Å². The molecule has 0 aromatic heterocycles. The number of methoxy groups -OCH3 is 1. The van der Waals surface area contributed by atoms with E-state index in [2.05, 4.69) is 10.0 Å². The van der Waals surface area contributed by atoms with Gasteiger partial charge < -0.3 is 15.0 Å². The van der Waals surface area contributed by atoms with E-state index in [-0.39, 0.29) is 22.8 Å². The number of carbonyl (C=O) groups is 2. The van der Waals surface area contributed by atoms with E-state index in [1.54, 1.807) is 29.2 Å². The SMILES string of the molecule is COc1ccccc1NS(=O)(=O)c1ccc(C(=O)N2CCN(CC(=O)NC(C)C)CC2)cc1. The second-order valence-corrected chi connectivity index (χ2v) is 9.80. The van der Waals surface area contributed by atoms with Gasteiger partial charge in [-0.1, -0.05) is 12.1 Å².